The monoisotopic (exact) mass is 309 g/mol. The number of ether oxygens (including phenoxy) is 1. The molecule has 6 heteroatoms. The topological polar surface area (TPSA) is 74.1 Å². The van der Waals surface area contributed by atoms with Gasteiger partial charge in [0.15, 0.2) is 0 Å². The van der Waals surface area contributed by atoms with Crippen molar-refractivity contribution in [3.05, 3.63) is 59.1 Å². The summed E-state index contributed by atoms with van der Waals surface area (Å²) in [6.07, 6.45) is 3.34. The van der Waals surface area contributed by atoms with E-state index < -0.39 is 5.97 Å². The average molecular weight is 309 g/mol. The summed E-state index contributed by atoms with van der Waals surface area (Å²) in [5.41, 5.74) is 1.07. The van der Waals surface area contributed by atoms with Gasteiger partial charge in [-0.25, -0.2) is 4.68 Å². The van der Waals surface area contributed by atoms with Gasteiger partial charge >= 0.3 is 5.97 Å². The number of benzene rings is 1. The van der Waals surface area contributed by atoms with E-state index in [2.05, 4.69) is 10.1 Å². The number of nitrogens with zero attached hydrogens (tertiary/aromatic N) is 3. The Kier molecular flexibility index (Phi) is 4.14. The molecule has 23 heavy (non-hydrogen) atoms. The molecule has 0 unspecified atom stereocenters. The maximum Gasteiger partial charge on any atom is 0.327 e. The zero-order chi connectivity index (χ0) is 16.2. The Balaban J connectivity index is 2.21. The molecule has 0 aliphatic rings. The molecule has 0 spiro atoms. The fourth-order valence-corrected chi connectivity index (χ4v) is 2.39. The van der Waals surface area contributed by atoms with Crippen molar-refractivity contribution in [2.75, 3.05) is 6.61 Å². The molecule has 0 bridgehead atoms. The molecule has 116 valence electrons. The predicted molar refractivity (Wildman–Crippen MR) is 85.9 cm³/mol. The second kappa shape index (κ2) is 6.39. The van der Waals surface area contributed by atoms with Crippen LogP contribution in [0, 0.1) is 0 Å². The van der Waals surface area contributed by atoms with Crippen molar-refractivity contribution in [2.24, 2.45) is 0 Å². The first-order valence-electron chi connectivity index (χ1n) is 7.26. The van der Waals surface area contributed by atoms with Crippen LogP contribution in [0.2, 0.25) is 0 Å². The maximum absolute atomic E-state index is 12.5. The molecule has 2 heterocycles. The van der Waals surface area contributed by atoms with E-state index in [4.69, 9.17) is 4.74 Å². The van der Waals surface area contributed by atoms with Crippen molar-refractivity contribution in [3.63, 3.8) is 0 Å². The molecule has 0 amide bonds. The van der Waals surface area contributed by atoms with Crippen LogP contribution in [-0.4, -0.2) is 27.3 Å². The number of fused-ring (bicyclic) bond motifs is 1. The van der Waals surface area contributed by atoms with Crippen LogP contribution in [-0.2, 0) is 16.1 Å². The van der Waals surface area contributed by atoms with Crippen LogP contribution in [0.3, 0.4) is 0 Å². The van der Waals surface area contributed by atoms with E-state index in [0.29, 0.717) is 11.1 Å². The lowest BCUT2D eigenvalue weighted by atomic mass is 10.1. The maximum atomic E-state index is 12.5. The Morgan fingerprint density at radius 3 is 2.65 bits per heavy atom. The predicted octanol–water partition coefficient (Wildman–Crippen LogP) is 2.02. The number of rotatable bonds is 4. The molecule has 2 aromatic heterocycles. The molecule has 0 fully saturated rings. The van der Waals surface area contributed by atoms with Crippen LogP contribution in [0.25, 0.3) is 22.0 Å². The molecule has 6 nitrogen and oxygen atoms in total. The summed E-state index contributed by atoms with van der Waals surface area (Å²) in [7, 11) is 0. The van der Waals surface area contributed by atoms with Crippen molar-refractivity contribution in [2.45, 2.75) is 13.5 Å². The normalized spacial score (nSPS) is 10.7. The molecule has 3 rings (SSSR count). The second-order valence-electron chi connectivity index (χ2n) is 4.90. The van der Waals surface area contributed by atoms with Gasteiger partial charge < -0.3 is 4.74 Å². The summed E-state index contributed by atoms with van der Waals surface area (Å²) in [4.78, 5) is 28.3. The molecular formula is C17H15N3O3. The van der Waals surface area contributed by atoms with E-state index in [-0.39, 0.29) is 18.7 Å². The molecule has 3 aromatic rings. The Labute approximate surface area is 132 Å². The second-order valence-corrected chi connectivity index (χ2v) is 4.90. The zero-order valence-corrected chi connectivity index (χ0v) is 12.6. The first-order valence-corrected chi connectivity index (χ1v) is 7.26. The highest BCUT2D eigenvalue weighted by atomic mass is 16.5. The van der Waals surface area contributed by atoms with E-state index in [1.165, 1.54) is 0 Å². The van der Waals surface area contributed by atoms with Crippen molar-refractivity contribution in [1.29, 1.82) is 0 Å². The molecule has 0 radical (unpaired) electrons. The number of carbonyl (C=O) groups excluding carboxylic acids is 1. The minimum absolute atomic E-state index is 0.217. The Bertz CT molecular complexity index is 904. The van der Waals surface area contributed by atoms with Gasteiger partial charge in [-0.3, -0.25) is 14.6 Å². The van der Waals surface area contributed by atoms with E-state index in [1.807, 2.05) is 18.2 Å². The Hall–Kier alpha value is -3.02. The van der Waals surface area contributed by atoms with Crippen LogP contribution in [0.5, 0.6) is 0 Å². The third kappa shape index (κ3) is 2.96. The van der Waals surface area contributed by atoms with E-state index in [0.717, 1.165) is 15.6 Å². The van der Waals surface area contributed by atoms with Gasteiger partial charge in [0.25, 0.3) is 5.56 Å². The number of esters is 1. The highest BCUT2D eigenvalue weighted by Crippen LogP contribution is 2.23. The minimum atomic E-state index is -0.491. The molecule has 0 aliphatic carbocycles. The van der Waals surface area contributed by atoms with E-state index in [1.54, 1.807) is 37.5 Å². The standard InChI is InChI=1S/C17H15N3O3/c1-2-23-15(21)11-20-17(22)14-8-4-3-7-13(14)16(19-20)12-6-5-9-18-10-12/h3-10H,2,11H2,1H3. The summed E-state index contributed by atoms with van der Waals surface area (Å²) >= 11 is 0. The Morgan fingerprint density at radius 2 is 1.96 bits per heavy atom. The summed E-state index contributed by atoms with van der Waals surface area (Å²) in [5.74, 6) is -0.491. The number of hydrogen-bond donors (Lipinski definition) is 0. The third-order valence-electron chi connectivity index (χ3n) is 3.39. The van der Waals surface area contributed by atoms with Gasteiger partial charge in [0.05, 0.1) is 12.0 Å². The van der Waals surface area contributed by atoms with Gasteiger partial charge in [-0.05, 0) is 25.1 Å². The lowest BCUT2D eigenvalue weighted by Gasteiger charge is -2.10. The van der Waals surface area contributed by atoms with E-state index >= 15 is 0 Å². The van der Waals surface area contributed by atoms with Gasteiger partial charge in [0, 0.05) is 23.3 Å². The molecule has 0 aliphatic heterocycles. The third-order valence-corrected chi connectivity index (χ3v) is 3.39. The van der Waals surface area contributed by atoms with Crippen LogP contribution in [0.1, 0.15) is 6.92 Å². The summed E-state index contributed by atoms with van der Waals surface area (Å²) in [6.45, 7) is 1.76. The zero-order valence-electron chi connectivity index (χ0n) is 12.6. The van der Waals surface area contributed by atoms with Gasteiger partial charge in [-0.1, -0.05) is 18.2 Å². The fourth-order valence-electron chi connectivity index (χ4n) is 2.39. The number of pyridine rings is 1. The van der Waals surface area contributed by atoms with Gasteiger partial charge in [-0.2, -0.15) is 5.10 Å². The number of hydrogen-bond acceptors (Lipinski definition) is 5. The summed E-state index contributed by atoms with van der Waals surface area (Å²) in [6, 6.07) is 10.8. The van der Waals surface area contributed by atoms with Gasteiger partial charge in [-0.15, -0.1) is 0 Å². The van der Waals surface area contributed by atoms with Gasteiger partial charge in [0.1, 0.15) is 12.2 Å². The van der Waals surface area contributed by atoms with Crippen LogP contribution >= 0.6 is 0 Å². The smallest absolute Gasteiger partial charge is 0.327 e. The average Bonchev–Trinajstić information content (AvgIpc) is 2.58. The minimum Gasteiger partial charge on any atom is -0.465 e. The van der Waals surface area contributed by atoms with Crippen molar-refractivity contribution < 1.29 is 9.53 Å². The lowest BCUT2D eigenvalue weighted by Crippen LogP contribution is -2.28. The molecule has 1 aromatic carbocycles. The highest BCUT2D eigenvalue weighted by molar-refractivity contribution is 5.93. The van der Waals surface area contributed by atoms with Crippen molar-refractivity contribution >= 4 is 16.7 Å². The first kappa shape index (κ1) is 14.9. The first-order chi connectivity index (χ1) is 11.2. The van der Waals surface area contributed by atoms with E-state index in [9.17, 15) is 9.59 Å². The molecule has 0 N–H and O–H groups in total. The van der Waals surface area contributed by atoms with Crippen LogP contribution < -0.4 is 5.56 Å². The van der Waals surface area contributed by atoms with Crippen molar-refractivity contribution in [1.82, 2.24) is 14.8 Å². The fraction of sp³-hybridized carbons (Fsp3) is 0.176. The van der Waals surface area contributed by atoms with Crippen molar-refractivity contribution in [3.8, 4) is 11.3 Å². The van der Waals surface area contributed by atoms with Crippen LogP contribution in [0.15, 0.2) is 53.6 Å². The largest absolute Gasteiger partial charge is 0.465 e. The molecule has 0 saturated heterocycles. The molecule has 0 saturated carbocycles. The summed E-state index contributed by atoms with van der Waals surface area (Å²) < 4.78 is 6.05. The SMILES string of the molecule is CCOC(=O)Cn1nc(-c2cccnc2)c2ccccc2c1=O. The Morgan fingerprint density at radius 1 is 1.17 bits per heavy atom. The van der Waals surface area contributed by atoms with Crippen LogP contribution in [0.4, 0.5) is 0 Å². The molecule has 0 atom stereocenters. The summed E-state index contributed by atoms with van der Waals surface area (Å²) in [5, 5.41) is 5.59. The van der Waals surface area contributed by atoms with Gasteiger partial charge in [0.2, 0.25) is 0 Å². The number of carbonyl (C=O) groups is 1. The number of aromatic nitrogens is 3. The lowest BCUT2D eigenvalue weighted by molar-refractivity contribution is -0.144. The highest BCUT2D eigenvalue weighted by Gasteiger charge is 2.14. The molecular weight excluding hydrogens is 294 g/mol. The quantitative estimate of drug-likeness (QED) is 0.689.